The van der Waals surface area contributed by atoms with Crippen LogP contribution < -0.4 is 5.73 Å². The average molecular weight is 246 g/mol. The predicted molar refractivity (Wildman–Crippen MR) is 75.5 cm³/mol. The van der Waals surface area contributed by atoms with E-state index >= 15 is 0 Å². The van der Waals surface area contributed by atoms with Crippen LogP contribution in [0.1, 0.15) is 50.7 Å². The summed E-state index contributed by atoms with van der Waals surface area (Å²) in [6, 6.07) is 2.17. The molecule has 2 aromatic rings. The van der Waals surface area contributed by atoms with Gasteiger partial charge in [-0.1, -0.05) is 31.9 Å². The number of hydrogen-bond donors (Lipinski definition) is 2. The number of anilines is 1. The molecule has 0 saturated carbocycles. The molecule has 0 radical (unpaired) electrons. The van der Waals surface area contributed by atoms with Gasteiger partial charge in [0.05, 0.1) is 11.2 Å². The van der Waals surface area contributed by atoms with Crippen LogP contribution in [0.5, 0.6) is 0 Å². The van der Waals surface area contributed by atoms with Crippen molar-refractivity contribution in [3.05, 3.63) is 17.2 Å². The quantitative estimate of drug-likeness (QED) is 0.769. The van der Waals surface area contributed by atoms with E-state index in [4.69, 9.17) is 5.73 Å². The van der Waals surface area contributed by atoms with Gasteiger partial charge in [0.25, 0.3) is 0 Å². The molecule has 0 bridgehead atoms. The Hall–Kier alpha value is -1.58. The number of nitrogen functional groups attached to an aromatic ring is 1. The van der Waals surface area contributed by atoms with Crippen LogP contribution in [-0.4, -0.2) is 15.4 Å². The fourth-order valence-corrected chi connectivity index (χ4v) is 2.35. The molecule has 98 valence electrons. The zero-order chi connectivity index (χ0) is 13.0. The normalized spacial score (nSPS) is 11.2. The lowest BCUT2D eigenvalue weighted by atomic mass is 9.95. The maximum absolute atomic E-state index is 6.25. The lowest BCUT2D eigenvalue weighted by Crippen LogP contribution is -2.02. The number of H-pyrrole nitrogens is 1. The molecule has 1 aromatic heterocycles. The number of hydrogen-bond acceptors (Lipinski definition) is 3. The van der Waals surface area contributed by atoms with Gasteiger partial charge in [-0.2, -0.15) is 0 Å². The molecule has 0 aliphatic rings. The molecule has 0 fully saturated rings. The first-order valence-corrected chi connectivity index (χ1v) is 6.88. The highest BCUT2D eigenvalue weighted by Crippen LogP contribution is 2.28. The van der Waals surface area contributed by atoms with Crippen molar-refractivity contribution >= 4 is 16.7 Å². The third-order valence-corrected chi connectivity index (χ3v) is 3.44. The molecule has 0 atom stereocenters. The van der Waals surface area contributed by atoms with Gasteiger partial charge in [-0.15, -0.1) is 5.10 Å². The monoisotopic (exact) mass is 246 g/mol. The first-order valence-electron chi connectivity index (χ1n) is 6.88. The molecule has 3 N–H and O–H groups in total. The summed E-state index contributed by atoms with van der Waals surface area (Å²) in [5.41, 5.74) is 11.5. The summed E-state index contributed by atoms with van der Waals surface area (Å²) < 4.78 is 0. The average Bonchev–Trinajstić information content (AvgIpc) is 2.84. The largest absolute Gasteiger partial charge is 0.397 e. The van der Waals surface area contributed by atoms with Crippen LogP contribution >= 0.6 is 0 Å². The van der Waals surface area contributed by atoms with Crippen LogP contribution in [0.4, 0.5) is 5.69 Å². The molecule has 4 heteroatoms. The van der Waals surface area contributed by atoms with E-state index in [1.165, 1.54) is 36.8 Å². The number of aromatic nitrogens is 3. The minimum Gasteiger partial charge on any atom is -0.397 e. The number of aryl methyl sites for hydroxylation is 1. The maximum Gasteiger partial charge on any atom is 0.136 e. The minimum atomic E-state index is 0.820. The van der Waals surface area contributed by atoms with Crippen molar-refractivity contribution in [3.8, 4) is 0 Å². The number of benzene rings is 1. The van der Waals surface area contributed by atoms with Gasteiger partial charge in [0.2, 0.25) is 0 Å². The topological polar surface area (TPSA) is 67.6 Å². The van der Waals surface area contributed by atoms with Crippen molar-refractivity contribution in [1.82, 2.24) is 15.4 Å². The number of fused-ring (bicyclic) bond motifs is 1. The van der Waals surface area contributed by atoms with Gasteiger partial charge in [-0.3, -0.25) is 5.10 Å². The van der Waals surface area contributed by atoms with Crippen LogP contribution in [0, 0.1) is 0 Å². The molecular weight excluding hydrogens is 224 g/mol. The molecule has 0 aliphatic carbocycles. The molecule has 1 aromatic carbocycles. The number of unbranched alkanes of at least 4 members (excludes halogenated alkanes) is 2. The second kappa shape index (κ2) is 5.85. The highest BCUT2D eigenvalue weighted by Gasteiger charge is 2.12. The molecular formula is C14H22N4. The highest BCUT2D eigenvalue weighted by atomic mass is 15.3. The van der Waals surface area contributed by atoms with E-state index in [-0.39, 0.29) is 0 Å². The zero-order valence-corrected chi connectivity index (χ0v) is 11.3. The highest BCUT2D eigenvalue weighted by molar-refractivity contribution is 5.89. The lowest BCUT2D eigenvalue weighted by molar-refractivity contribution is 0.760. The lowest BCUT2D eigenvalue weighted by Gasteiger charge is -2.12. The van der Waals surface area contributed by atoms with Gasteiger partial charge in [-0.25, -0.2) is 0 Å². The number of rotatable bonds is 6. The zero-order valence-electron chi connectivity index (χ0n) is 11.3. The Morgan fingerprint density at radius 2 is 1.89 bits per heavy atom. The summed E-state index contributed by atoms with van der Waals surface area (Å²) in [7, 11) is 0. The van der Waals surface area contributed by atoms with E-state index < -0.39 is 0 Å². The molecule has 18 heavy (non-hydrogen) atoms. The van der Waals surface area contributed by atoms with Crippen LogP contribution in [-0.2, 0) is 12.8 Å². The van der Waals surface area contributed by atoms with E-state index in [9.17, 15) is 0 Å². The number of aromatic amines is 1. The number of nitrogens with one attached hydrogen (secondary N) is 1. The number of nitrogens with zero attached hydrogens (tertiary/aromatic N) is 2. The minimum absolute atomic E-state index is 0.820. The van der Waals surface area contributed by atoms with Crippen LogP contribution in [0.25, 0.3) is 11.0 Å². The SMILES string of the molecule is CCCCc1cc2[nH]nnc2c(N)c1CCCC. The summed E-state index contributed by atoms with van der Waals surface area (Å²) in [4.78, 5) is 0. The molecule has 4 nitrogen and oxygen atoms in total. The van der Waals surface area contributed by atoms with Crippen molar-refractivity contribution in [1.29, 1.82) is 0 Å². The van der Waals surface area contributed by atoms with Crippen LogP contribution in [0.15, 0.2) is 6.07 Å². The summed E-state index contributed by atoms with van der Waals surface area (Å²) in [5, 5.41) is 10.8. The molecule has 0 amide bonds. The van der Waals surface area contributed by atoms with Gasteiger partial charge in [0.1, 0.15) is 5.52 Å². The van der Waals surface area contributed by atoms with Crippen LogP contribution in [0.2, 0.25) is 0 Å². The van der Waals surface area contributed by atoms with Crippen LogP contribution in [0.3, 0.4) is 0 Å². The van der Waals surface area contributed by atoms with Crippen molar-refractivity contribution < 1.29 is 0 Å². The molecule has 0 unspecified atom stereocenters. The van der Waals surface area contributed by atoms with E-state index in [0.717, 1.165) is 29.6 Å². The Morgan fingerprint density at radius 1 is 1.17 bits per heavy atom. The Kier molecular flexibility index (Phi) is 4.18. The van der Waals surface area contributed by atoms with Gasteiger partial charge in [0.15, 0.2) is 0 Å². The summed E-state index contributed by atoms with van der Waals surface area (Å²) in [6.07, 6.45) is 6.90. The molecule has 2 rings (SSSR count). The predicted octanol–water partition coefficient (Wildman–Crippen LogP) is 3.23. The van der Waals surface area contributed by atoms with Crippen molar-refractivity contribution in [2.45, 2.75) is 52.4 Å². The Balaban J connectivity index is 2.42. The van der Waals surface area contributed by atoms with Gasteiger partial charge in [0, 0.05) is 0 Å². The van der Waals surface area contributed by atoms with Gasteiger partial charge < -0.3 is 5.73 Å². The summed E-state index contributed by atoms with van der Waals surface area (Å²) in [5.74, 6) is 0. The standard InChI is InChI=1S/C14H22N4/c1-3-5-7-10-9-12-14(17-18-16-12)13(15)11(10)8-6-4-2/h9H,3-8,15H2,1-2H3,(H,16,17,18). The van der Waals surface area contributed by atoms with Crippen molar-refractivity contribution in [3.63, 3.8) is 0 Å². The molecule has 0 aliphatic heterocycles. The first-order chi connectivity index (χ1) is 8.77. The fourth-order valence-electron chi connectivity index (χ4n) is 2.35. The Morgan fingerprint density at radius 3 is 2.61 bits per heavy atom. The molecule has 0 saturated heterocycles. The van der Waals surface area contributed by atoms with Gasteiger partial charge >= 0.3 is 0 Å². The number of nitrogens with two attached hydrogens (primary N) is 1. The molecule has 1 heterocycles. The smallest absolute Gasteiger partial charge is 0.136 e. The van der Waals surface area contributed by atoms with E-state index in [1.54, 1.807) is 0 Å². The Labute approximate surface area is 108 Å². The third-order valence-electron chi connectivity index (χ3n) is 3.44. The molecule has 0 spiro atoms. The summed E-state index contributed by atoms with van der Waals surface area (Å²) >= 11 is 0. The second-order valence-electron chi connectivity index (χ2n) is 4.84. The summed E-state index contributed by atoms with van der Waals surface area (Å²) in [6.45, 7) is 4.42. The fraction of sp³-hybridized carbons (Fsp3) is 0.571. The van der Waals surface area contributed by atoms with E-state index in [1.807, 2.05) is 0 Å². The van der Waals surface area contributed by atoms with E-state index in [2.05, 4.69) is 35.3 Å². The first kappa shape index (κ1) is 12.9. The van der Waals surface area contributed by atoms with E-state index in [0.29, 0.717) is 0 Å². The van der Waals surface area contributed by atoms with Crippen molar-refractivity contribution in [2.75, 3.05) is 5.73 Å². The second-order valence-corrected chi connectivity index (χ2v) is 4.84. The third kappa shape index (κ3) is 2.47. The maximum atomic E-state index is 6.25. The Bertz CT molecular complexity index is 516. The van der Waals surface area contributed by atoms with Gasteiger partial charge in [-0.05, 0) is 42.9 Å². The van der Waals surface area contributed by atoms with Crippen molar-refractivity contribution in [2.24, 2.45) is 0 Å².